The van der Waals surface area contributed by atoms with Gasteiger partial charge in [-0.1, -0.05) is 18.2 Å². The lowest BCUT2D eigenvalue weighted by Crippen LogP contribution is -2.49. The van der Waals surface area contributed by atoms with Gasteiger partial charge in [0.15, 0.2) is 0 Å². The number of methoxy groups -OCH3 is 1. The molecule has 160 valence electrons. The molecule has 0 saturated carbocycles. The Kier molecular flexibility index (Phi) is 7.43. The summed E-state index contributed by atoms with van der Waals surface area (Å²) in [6, 6.07) is 10.1. The molecule has 0 aromatic heterocycles. The number of amides is 2. The lowest BCUT2D eigenvalue weighted by atomic mass is 10.0. The number of nitrogens with zero attached hydrogens (tertiary/aromatic N) is 2. The van der Waals surface area contributed by atoms with Crippen LogP contribution in [0.2, 0.25) is 0 Å². The Hall–Kier alpha value is -2.20. The van der Waals surface area contributed by atoms with Gasteiger partial charge >= 0.3 is 0 Å². The van der Waals surface area contributed by atoms with Crippen LogP contribution in [0.15, 0.2) is 30.3 Å². The van der Waals surface area contributed by atoms with Gasteiger partial charge in [0.2, 0.25) is 11.8 Å². The Morgan fingerprint density at radius 2 is 1.76 bits per heavy atom. The Balaban J connectivity index is 1.46. The van der Waals surface area contributed by atoms with E-state index < -0.39 is 24.4 Å². The van der Waals surface area contributed by atoms with Crippen LogP contribution in [-0.4, -0.2) is 97.8 Å². The third-order valence-electron chi connectivity index (χ3n) is 5.37. The highest BCUT2D eigenvalue weighted by Gasteiger charge is 2.43. The van der Waals surface area contributed by atoms with Gasteiger partial charge in [0.05, 0.1) is 12.5 Å². The number of benzene rings is 1. The molecule has 29 heavy (non-hydrogen) atoms. The Labute approximate surface area is 170 Å². The second-order valence-corrected chi connectivity index (χ2v) is 7.34. The summed E-state index contributed by atoms with van der Waals surface area (Å²) in [6.07, 6.45) is -3.90. The summed E-state index contributed by atoms with van der Waals surface area (Å²) in [7, 11) is 1.41. The molecule has 2 amide bonds. The Morgan fingerprint density at radius 3 is 2.41 bits per heavy atom. The van der Waals surface area contributed by atoms with Crippen molar-refractivity contribution in [3.8, 4) is 0 Å². The van der Waals surface area contributed by atoms with Crippen LogP contribution < -0.4 is 10.2 Å². The van der Waals surface area contributed by atoms with Crippen LogP contribution in [0, 0.1) is 0 Å². The lowest BCUT2D eigenvalue weighted by molar-refractivity contribution is -0.136. The highest BCUT2D eigenvalue weighted by molar-refractivity contribution is 5.77. The number of carbonyl (C=O) groups is 2. The van der Waals surface area contributed by atoms with E-state index in [0.29, 0.717) is 13.1 Å². The molecule has 2 saturated heterocycles. The van der Waals surface area contributed by atoms with Crippen molar-refractivity contribution in [3.63, 3.8) is 0 Å². The number of carbonyl (C=O) groups excluding carboxylic acids is 2. The van der Waals surface area contributed by atoms with Crippen LogP contribution in [0.25, 0.3) is 0 Å². The zero-order valence-corrected chi connectivity index (χ0v) is 16.6. The second kappa shape index (κ2) is 10.0. The van der Waals surface area contributed by atoms with Crippen LogP contribution in [-0.2, 0) is 19.1 Å². The normalized spacial score (nSPS) is 27.1. The minimum Gasteiger partial charge on any atom is -0.388 e. The highest BCUT2D eigenvalue weighted by Crippen LogP contribution is 2.24. The van der Waals surface area contributed by atoms with Crippen molar-refractivity contribution in [1.29, 1.82) is 0 Å². The Bertz CT molecular complexity index is 680. The minimum atomic E-state index is -1.17. The Morgan fingerprint density at radius 1 is 1.10 bits per heavy atom. The van der Waals surface area contributed by atoms with Gasteiger partial charge < -0.3 is 34.8 Å². The first kappa shape index (κ1) is 21.5. The molecule has 0 bridgehead atoms. The first-order valence-electron chi connectivity index (χ1n) is 9.84. The molecule has 9 nitrogen and oxygen atoms in total. The SMILES string of the molecule is COCC(=O)NC[C@H]1O[C@@H](CC(=O)N2CCN(c3ccccc3)CC2)[C@H](O)[C@@H]1O. The van der Waals surface area contributed by atoms with E-state index in [1.807, 2.05) is 30.3 Å². The molecule has 9 heteroatoms. The van der Waals surface area contributed by atoms with Crippen molar-refractivity contribution >= 4 is 17.5 Å². The number of aliphatic hydroxyl groups is 2. The van der Waals surface area contributed by atoms with E-state index in [4.69, 9.17) is 9.47 Å². The van der Waals surface area contributed by atoms with Gasteiger partial charge in [-0.3, -0.25) is 9.59 Å². The van der Waals surface area contributed by atoms with Gasteiger partial charge in [0, 0.05) is 45.5 Å². The maximum Gasteiger partial charge on any atom is 0.246 e. The summed E-state index contributed by atoms with van der Waals surface area (Å²) in [5.74, 6) is -0.452. The number of rotatable bonds is 7. The molecular weight excluding hydrogens is 378 g/mol. The molecule has 4 atom stereocenters. The first-order valence-corrected chi connectivity index (χ1v) is 9.84. The molecule has 0 spiro atoms. The average Bonchev–Trinajstić information content (AvgIpc) is 3.01. The molecule has 3 N–H and O–H groups in total. The minimum absolute atomic E-state index is 0.00786. The van der Waals surface area contributed by atoms with Gasteiger partial charge in [-0.25, -0.2) is 0 Å². The molecule has 2 heterocycles. The third-order valence-corrected chi connectivity index (χ3v) is 5.37. The standard InChI is InChI=1S/C20H29N3O6/c1-28-13-17(24)21-12-16-20(27)19(26)15(29-16)11-18(25)23-9-7-22(8-10-23)14-5-3-2-4-6-14/h2-6,15-16,19-20,26-27H,7-13H2,1H3,(H,21,24)/t15-,16+,19-,20+/m0/s1. The van der Waals surface area contributed by atoms with Crippen molar-refractivity contribution < 1.29 is 29.3 Å². The fraction of sp³-hybridized carbons (Fsp3) is 0.600. The van der Waals surface area contributed by atoms with Gasteiger partial charge in [0.1, 0.15) is 24.9 Å². The highest BCUT2D eigenvalue weighted by atomic mass is 16.5. The molecule has 0 radical (unpaired) electrons. The van der Waals surface area contributed by atoms with Gasteiger partial charge in [-0.05, 0) is 12.1 Å². The molecule has 2 aliphatic rings. The van der Waals surface area contributed by atoms with Crippen molar-refractivity contribution in [2.75, 3.05) is 51.3 Å². The molecule has 2 aliphatic heterocycles. The van der Waals surface area contributed by atoms with Crippen LogP contribution in [0.4, 0.5) is 5.69 Å². The van der Waals surface area contributed by atoms with Gasteiger partial charge in [-0.15, -0.1) is 0 Å². The summed E-state index contributed by atoms with van der Waals surface area (Å²) in [6.45, 7) is 2.61. The van der Waals surface area contributed by atoms with E-state index in [2.05, 4.69) is 10.2 Å². The zero-order valence-electron chi connectivity index (χ0n) is 16.6. The van der Waals surface area contributed by atoms with E-state index in [1.165, 1.54) is 7.11 Å². The lowest BCUT2D eigenvalue weighted by Gasteiger charge is -2.36. The largest absolute Gasteiger partial charge is 0.388 e. The molecule has 3 rings (SSSR count). The monoisotopic (exact) mass is 407 g/mol. The molecule has 1 aromatic carbocycles. The first-order chi connectivity index (χ1) is 14.0. The van der Waals surface area contributed by atoms with Crippen LogP contribution in [0.3, 0.4) is 0 Å². The van der Waals surface area contributed by atoms with Crippen molar-refractivity contribution in [2.24, 2.45) is 0 Å². The topological polar surface area (TPSA) is 112 Å². The summed E-state index contributed by atoms with van der Waals surface area (Å²) < 4.78 is 10.4. The fourth-order valence-electron chi connectivity index (χ4n) is 3.71. The van der Waals surface area contributed by atoms with Crippen molar-refractivity contribution in [3.05, 3.63) is 30.3 Å². The van der Waals surface area contributed by atoms with Gasteiger partial charge in [0.25, 0.3) is 0 Å². The van der Waals surface area contributed by atoms with Crippen LogP contribution in [0.5, 0.6) is 0 Å². The quantitative estimate of drug-likeness (QED) is 0.530. The van der Waals surface area contributed by atoms with E-state index in [9.17, 15) is 19.8 Å². The van der Waals surface area contributed by atoms with E-state index in [0.717, 1.165) is 18.8 Å². The van der Waals surface area contributed by atoms with E-state index in [-0.39, 0.29) is 31.4 Å². The van der Waals surface area contributed by atoms with Crippen LogP contribution >= 0.6 is 0 Å². The second-order valence-electron chi connectivity index (χ2n) is 7.34. The average molecular weight is 407 g/mol. The number of anilines is 1. The van der Waals surface area contributed by atoms with E-state index in [1.54, 1.807) is 4.90 Å². The van der Waals surface area contributed by atoms with Crippen molar-refractivity contribution in [2.45, 2.75) is 30.8 Å². The van der Waals surface area contributed by atoms with Crippen molar-refractivity contribution in [1.82, 2.24) is 10.2 Å². The number of ether oxygens (including phenoxy) is 2. The predicted molar refractivity (Wildman–Crippen MR) is 105 cm³/mol. The van der Waals surface area contributed by atoms with E-state index >= 15 is 0 Å². The number of hydrogen-bond acceptors (Lipinski definition) is 7. The summed E-state index contributed by atoms with van der Waals surface area (Å²) in [5.41, 5.74) is 1.13. The number of nitrogens with one attached hydrogen (secondary N) is 1. The number of aliphatic hydroxyl groups excluding tert-OH is 2. The fourth-order valence-corrected chi connectivity index (χ4v) is 3.71. The number of para-hydroxylation sites is 1. The maximum absolute atomic E-state index is 12.7. The molecule has 0 aliphatic carbocycles. The predicted octanol–water partition coefficient (Wildman–Crippen LogP) is -1.02. The zero-order chi connectivity index (χ0) is 20.8. The molecule has 1 aromatic rings. The third kappa shape index (κ3) is 5.45. The van der Waals surface area contributed by atoms with Crippen LogP contribution in [0.1, 0.15) is 6.42 Å². The summed E-state index contributed by atoms with van der Waals surface area (Å²) in [4.78, 5) is 28.1. The molecule has 2 fully saturated rings. The summed E-state index contributed by atoms with van der Waals surface area (Å²) >= 11 is 0. The number of piperazine rings is 1. The number of hydrogen-bond donors (Lipinski definition) is 3. The summed E-state index contributed by atoms with van der Waals surface area (Å²) in [5, 5.41) is 23.0. The molecule has 0 unspecified atom stereocenters. The smallest absolute Gasteiger partial charge is 0.246 e. The molecular formula is C20H29N3O6. The van der Waals surface area contributed by atoms with Gasteiger partial charge in [-0.2, -0.15) is 0 Å². The maximum atomic E-state index is 12.7.